The summed E-state index contributed by atoms with van der Waals surface area (Å²) in [6.07, 6.45) is 3.98. The molecule has 7 heteroatoms. The molecule has 26 heavy (non-hydrogen) atoms. The van der Waals surface area contributed by atoms with Crippen LogP contribution in [0.3, 0.4) is 0 Å². The second-order valence-corrected chi connectivity index (χ2v) is 6.72. The van der Waals surface area contributed by atoms with Crippen molar-refractivity contribution in [3.63, 3.8) is 0 Å². The predicted octanol–water partition coefficient (Wildman–Crippen LogP) is 3.68. The Morgan fingerprint density at radius 3 is 2.85 bits per heavy atom. The Morgan fingerprint density at radius 2 is 2.00 bits per heavy atom. The molecule has 2 aromatic heterocycles. The first-order chi connectivity index (χ1) is 12.7. The third kappa shape index (κ3) is 2.26. The zero-order valence-electron chi connectivity index (χ0n) is 13.8. The molecule has 0 N–H and O–H groups in total. The lowest BCUT2D eigenvalue weighted by Gasteiger charge is -2.17. The lowest BCUT2D eigenvalue weighted by Crippen LogP contribution is -2.28. The number of nitrogens with zero attached hydrogens (tertiary/aromatic N) is 5. The summed E-state index contributed by atoms with van der Waals surface area (Å²) in [7, 11) is 0. The maximum atomic E-state index is 13.2. The van der Waals surface area contributed by atoms with Gasteiger partial charge < -0.3 is 4.90 Å². The van der Waals surface area contributed by atoms with Crippen molar-refractivity contribution in [3.05, 3.63) is 59.6 Å². The molecule has 0 bridgehead atoms. The minimum atomic E-state index is 0.00413. The molecule has 5 rings (SSSR count). The van der Waals surface area contributed by atoms with Gasteiger partial charge in [0.1, 0.15) is 12.7 Å². The summed E-state index contributed by atoms with van der Waals surface area (Å²) in [5.41, 5.74) is 3.23. The number of aryl methyl sites for hydroxylation is 1. The smallest absolute Gasteiger partial charge is 0.259 e. The molecule has 2 aromatic carbocycles. The minimum Gasteiger partial charge on any atom is -0.308 e. The minimum absolute atomic E-state index is 0.00413. The molecule has 6 nitrogen and oxygen atoms in total. The molecule has 0 aliphatic carbocycles. The number of rotatable bonds is 4. The van der Waals surface area contributed by atoms with E-state index < -0.39 is 0 Å². The highest BCUT2D eigenvalue weighted by atomic mass is 35.5. The summed E-state index contributed by atoms with van der Waals surface area (Å²) < 4.78 is 1.77. The number of carbonyl (C=O) groups is 1. The Kier molecular flexibility index (Phi) is 3.39. The number of hydrogen-bond acceptors (Lipinski definition) is 4. The standard InChI is InChI=1S/C19H14ClN5O/c20-12-5-6-14-13(9-12)17-18-15(23-14)3-1-4-16(18)25(19(17)26)8-2-7-24-11-21-10-22-24/h1,3-6,9-11H,2,7-8H2. The Labute approximate surface area is 154 Å². The van der Waals surface area contributed by atoms with Gasteiger partial charge in [0, 0.05) is 28.9 Å². The molecule has 4 aromatic rings. The molecular weight excluding hydrogens is 350 g/mol. The van der Waals surface area contributed by atoms with Gasteiger partial charge in [-0.25, -0.2) is 9.97 Å². The van der Waals surface area contributed by atoms with E-state index >= 15 is 0 Å². The molecule has 0 unspecified atom stereocenters. The second-order valence-electron chi connectivity index (χ2n) is 6.29. The molecule has 0 saturated carbocycles. The predicted molar refractivity (Wildman–Crippen MR) is 101 cm³/mol. The van der Waals surface area contributed by atoms with Gasteiger partial charge in [-0.3, -0.25) is 9.48 Å². The molecule has 128 valence electrons. The van der Waals surface area contributed by atoms with E-state index in [1.54, 1.807) is 17.1 Å². The first kappa shape index (κ1) is 15.3. The van der Waals surface area contributed by atoms with Gasteiger partial charge in [0.2, 0.25) is 0 Å². The van der Waals surface area contributed by atoms with Crippen LogP contribution in [0.5, 0.6) is 0 Å². The van der Waals surface area contributed by atoms with Crippen LogP contribution in [-0.4, -0.2) is 32.2 Å². The van der Waals surface area contributed by atoms with Gasteiger partial charge in [-0.05, 0) is 36.8 Å². The number of hydrogen-bond donors (Lipinski definition) is 0. The van der Waals surface area contributed by atoms with Gasteiger partial charge in [0.15, 0.2) is 0 Å². The van der Waals surface area contributed by atoms with Crippen LogP contribution >= 0.6 is 11.6 Å². The zero-order valence-corrected chi connectivity index (χ0v) is 14.5. The molecule has 1 amide bonds. The summed E-state index contributed by atoms with van der Waals surface area (Å²) in [6.45, 7) is 1.31. The highest BCUT2D eigenvalue weighted by Gasteiger charge is 2.32. The highest BCUT2D eigenvalue weighted by molar-refractivity contribution is 6.33. The van der Waals surface area contributed by atoms with E-state index in [1.165, 1.54) is 6.33 Å². The summed E-state index contributed by atoms with van der Waals surface area (Å²) in [5.74, 6) is 0.00413. The van der Waals surface area contributed by atoms with E-state index in [9.17, 15) is 4.79 Å². The molecule has 3 heterocycles. The van der Waals surface area contributed by atoms with Crippen LogP contribution in [0.2, 0.25) is 5.02 Å². The van der Waals surface area contributed by atoms with Crippen molar-refractivity contribution < 1.29 is 4.79 Å². The van der Waals surface area contributed by atoms with Crippen molar-refractivity contribution in [3.8, 4) is 0 Å². The fourth-order valence-corrected chi connectivity index (χ4v) is 3.77. The third-order valence-corrected chi connectivity index (χ3v) is 4.96. The molecule has 1 aliphatic heterocycles. The number of aromatic nitrogens is 4. The fourth-order valence-electron chi connectivity index (χ4n) is 3.60. The van der Waals surface area contributed by atoms with Crippen molar-refractivity contribution in [2.45, 2.75) is 13.0 Å². The SMILES string of the molecule is O=C1c2c3cc(Cl)ccc3nc3cccc(c23)N1CCCn1cncn1. The number of halogens is 1. The number of carbonyl (C=O) groups excluding carboxylic acids is 1. The number of benzene rings is 2. The number of amides is 1. The van der Waals surface area contributed by atoms with Crippen LogP contribution in [0, 0.1) is 0 Å². The van der Waals surface area contributed by atoms with E-state index in [-0.39, 0.29) is 5.91 Å². The van der Waals surface area contributed by atoms with Crippen molar-refractivity contribution in [2.24, 2.45) is 0 Å². The topological polar surface area (TPSA) is 63.9 Å². The van der Waals surface area contributed by atoms with Crippen molar-refractivity contribution in [2.75, 3.05) is 11.4 Å². The Balaban J connectivity index is 1.58. The second kappa shape index (κ2) is 5.78. The monoisotopic (exact) mass is 363 g/mol. The average Bonchev–Trinajstić information content (AvgIpc) is 3.25. The van der Waals surface area contributed by atoms with E-state index in [2.05, 4.69) is 10.1 Å². The first-order valence-corrected chi connectivity index (χ1v) is 8.76. The molecule has 1 aliphatic rings. The molecule has 0 spiro atoms. The lowest BCUT2D eigenvalue weighted by molar-refractivity contribution is 0.0994. The van der Waals surface area contributed by atoms with Crippen LogP contribution in [0.15, 0.2) is 49.1 Å². The Bertz CT molecular complexity index is 1160. The molecule has 0 radical (unpaired) electrons. The Hall–Kier alpha value is -2.99. The van der Waals surface area contributed by atoms with Crippen LogP contribution in [-0.2, 0) is 6.54 Å². The first-order valence-electron chi connectivity index (χ1n) is 8.38. The van der Waals surface area contributed by atoms with Crippen molar-refractivity contribution >= 4 is 45.0 Å². The van der Waals surface area contributed by atoms with Gasteiger partial charge in [0.25, 0.3) is 5.91 Å². The van der Waals surface area contributed by atoms with Crippen LogP contribution in [0.4, 0.5) is 5.69 Å². The van der Waals surface area contributed by atoms with E-state index in [4.69, 9.17) is 16.6 Å². The van der Waals surface area contributed by atoms with Gasteiger partial charge in [0.05, 0.1) is 22.3 Å². The summed E-state index contributed by atoms with van der Waals surface area (Å²) in [4.78, 5) is 23.7. The van der Waals surface area contributed by atoms with E-state index in [1.807, 2.05) is 35.2 Å². The summed E-state index contributed by atoms with van der Waals surface area (Å²) >= 11 is 6.17. The summed E-state index contributed by atoms with van der Waals surface area (Å²) in [5, 5.41) is 6.42. The highest BCUT2D eigenvalue weighted by Crippen LogP contribution is 2.40. The molecule has 0 fully saturated rings. The zero-order chi connectivity index (χ0) is 17.7. The lowest BCUT2D eigenvalue weighted by atomic mass is 10.0. The van der Waals surface area contributed by atoms with Gasteiger partial charge in [-0.15, -0.1) is 0 Å². The Morgan fingerprint density at radius 1 is 1.08 bits per heavy atom. The van der Waals surface area contributed by atoms with Crippen LogP contribution < -0.4 is 4.90 Å². The molecule has 0 saturated heterocycles. The molecule has 0 atom stereocenters. The summed E-state index contributed by atoms with van der Waals surface area (Å²) in [6, 6.07) is 11.4. The molecular formula is C19H14ClN5O. The van der Waals surface area contributed by atoms with Crippen molar-refractivity contribution in [1.29, 1.82) is 0 Å². The van der Waals surface area contributed by atoms with E-state index in [0.29, 0.717) is 23.7 Å². The van der Waals surface area contributed by atoms with E-state index in [0.717, 1.165) is 33.9 Å². The number of pyridine rings is 1. The van der Waals surface area contributed by atoms with Gasteiger partial charge >= 0.3 is 0 Å². The van der Waals surface area contributed by atoms with Crippen LogP contribution in [0.1, 0.15) is 16.8 Å². The van der Waals surface area contributed by atoms with Crippen molar-refractivity contribution in [1.82, 2.24) is 19.7 Å². The average molecular weight is 364 g/mol. The third-order valence-electron chi connectivity index (χ3n) is 4.72. The van der Waals surface area contributed by atoms with Gasteiger partial charge in [-0.1, -0.05) is 17.7 Å². The number of anilines is 1. The van der Waals surface area contributed by atoms with Gasteiger partial charge in [-0.2, -0.15) is 5.10 Å². The largest absolute Gasteiger partial charge is 0.308 e. The van der Waals surface area contributed by atoms with Crippen LogP contribution in [0.25, 0.3) is 21.8 Å². The fraction of sp³-hybridized carbons (Fsp3) is 0.158. The normalized spacial score (nSPS) is 13.3. The quantitative estimate of drug-likeness (QED) is 0.519. The maximum absolute atomic E-state index is 13.2. The maximum Gasteiger partial charge on any atom is 0.259 e. The number of fused-ring (bicyclic) bond motifs is 2.